The summed E-state index contributed by atoms with van der Waals surface area (Å²) >= 11 is 6.49. The fourth-order valence-electron chi connectivity index (χ4n) is 3.78. The fourth-order valence-corrected chi connectivity index (χ4v) is 4.00. The van der Waals surface area contributed by atoms with Crippen LogP contribution in [0.5, 0.6) is 5.75 Å². The van der Waals surface area contributed by atoms with Gasteiger partial charge in [-0.25, -0.2) is 19.4 Å². The maximum atomic E-state index is 12.8. The average Bonchev–Trinajstić information content (AvgIpc) is 2.93. The molecular formula is C35H38ClN3O8. The summed E-state index contributed by atoms with van der Waals surface area (Å²) in [6, 6.07) is 21.3. The van der Waals surface area contributed by atoms with Gasteiger partial charge in [0.15, 0.2) is 0 Å². The van der Waals surface area contributed by atoms with Crippen LogP contribution in [0.2, 0.25) is 5.02 Å². The highest BCUT2D eigenvalue weighted by atomic mass is 35.5. The van der Waals surface area contributed by atoms with E-state index in [2.05, 4.69) is 27.8 Å². The highest BCUT2D eigenvalue weighted by Crippen LogP contribution is 2.26. The largest absolute Gasteiger partial charge is 0.444 e. The maximum absolute atomic E-state index is 12.8. The van der Waals surface area contributed by atoms with Crippen molar-refractivity contribution in [1.82, 2.24) is 10.6 Å². The van der Waals surface area contributed by atoms with Gasteiger partial charge in [-0.15, -0.1) is 0 Å². The van der Waals surface area contributed by atoms with Crippen LogP contribution in [0.4, 0.5) is 15.3 Å². The molecule has 0 aliphatic rings. The third-order valence-corrected chi connectivity index (χ3v) is 5.82. The number of nitrogens with zero attached hydrogens (tertiary/aromatic N) is 1. The van der Waals surface area contributed by atoms with Crippen molar-refractivity contribution in [2.24, 2.45) is 4.99 Å². The van der Waals surface area contributed by atoms with Gasteiger partial charge in [-0.1, -0.05) is 53.6 Å². The Hall–Kier alpha value is -5.25. The Bertz CT molecular complexity index is 1600. The van der Waals surface area contributed by atoms with E-state index in [1.54, 1.807) is 59.7 Å². The first-order valence-electron chi connectivity index (χ1n) is 14.4. The standard InChI is InChI=1S/C34H38ClN3O6.CO2/c1-22(19-23-11-9-8-10-12-23)20-25-15-18-27(21-28(25)35)42-29(39)24-13-16-26(17-14-24)36-30(37-31(40)43-33(2,3)4)38-32(41)44-34(5,6)7;2-1-3/h8-18,20-21H,19H2,1-7H3,(H2,36,37,38,40,41);/b22-20+;. The van der Waals surface area contributed by atoms with E-state index < -0.39 is 29.4 Å². The number of rotatable bonds is 6. The van der Waals surface area contributed by atoms with Gasteiger partial charge in [0.2, 0.25) is 5.96 Å². The Morgan fingerprint density at radius 3 is 1.85 bits per heavy atom. The molecule has 0 fully saturated rings. The molecule has 3 aromatic carbocycles. The SMILES string of the molecule is C/C(=C\c1ccc(OC(=O)c2ccc(N=C(NC(=O)OC(C)(C)C)NC(=O)OC(C)(C)C)cc2)cc1Cl)Cc1ccccc1.O=C=O. The number of amides is 2. The molecule has 3 rings (SSSR count). The van der Waals surface area contributed by atoms with Crippen molar-refractivity contribution in [1.29, 1.82) is 0 Å². The fraction of sp³-hybridized carbons (Fsp3) is 0.286. The number of alkyl carbamates (subject to hydrolysis) is 2. The second kappa shape index (κ2) is 17.4. The lowest BCUT2D eigenvalue weighted by atomic mass is 10.0. The van der Waals surface area contributed by atoms with E-state index in [4.69, 9.17) is 35.4 Å². The highest BCUT2D eigenvalue weighted by molar-refractivity contribution is 6.32. The minimum absolute atomic E-state index is 0.216. The predicted octanol–water partition coefficient (Wildman–Crippen LogP) is 7.66. The van der Waals surface area contributed by atoms with Gasteiger partial charge in [0, 0.05) is 6.07 Å². The molecule has 2 amide bonds. The number of aliphatic imine (C=N–C) groups is 1. The Kier molecular flexibility index (Phi) is 14.1. The Labute approximate surface area is 279 Å². The molecule has 0 heterocycles. The number of halogens is 1. The first-order chi connectivity index (χ1) is 22.0. The number of guanidine groups is 1. The van der Waals surface area contributed by atoms with Crippen LogP contribution in [-0.4, -0.2) is 41.5 Å². The van der Waals surface area contributed by atoms with E-state index in [9.17, 15) is 14.4 Å². The van der Waals surface area contributed by atoms with Crippen molar-refractivity contribution in [3.05, 3.63) is 100 Å². The summed E-state index contributed by atoms with van der Waals surface area (Å²) in [5, 5.41) is 5.28. The molecule has 0 saturated carbocycles. The monoisotopic (exact) mass is 663 g/mol. The minimum atomic E-state index is -0.820. The molecule has 11 nitrogen and oxygen atoms in total. The summed E-state index contributed by atoms with van der Waals surface area (Å²) in [6.07, 6.45) is 1.41. The number of hydrogen-bond acceptors (Lipinski definition) is 9. The number of ether oxygens (including phenoxy) is 3. The number of allylic oxidation sites excluding steroid dienone is 1. The van der Waals surface area contributed by atoms with Crippen molar-refractivity contribution in [3.63, 3.8) is 0 Å². The molecule has 3 aromatic rings. The van der Waals surface area contributed by atoms with E-state index >= 15 is 0 Å². The summed E-state index contributed by atoms with van der Waals surface area (Å²) in [6.45, 7) is 12.3. The van der Waals surface area contributed by atoms with E-state index in [1.807, 2.05) is 31.2 Å². The average molecular weight is 664 g/mol. The topological polar surface area (TPSA) is 149 Å². The molecule has 0 aromatic heterocycles. The van der Waals surface area contributed by atoms with Crippen LogP contribution in [0.1, 0.15) is 70.0 Å². The van der Waals surface area contributed by atoms with Gasteiger partial charge in [0.25, 0.3) is 0 Å². The van der Waals surface area contributed by atoms with Crippen LogP contribution >= 0.6 is 11.6 Å². The van der Waals surface area contributed by atoms with Gasteiger partial charge in [0.05, 0.1) is 16.3 Å². The number of carbonyl (C=O) groups is 3. The zero-order chi connectivity index (χ0) is 35.2. The summed E-state index contributed by atoms with van der Waals surface area (Å²) in [4.78, 5) is 58.0. The molecule has 0 unspecified atom stereocenters. The van der Waals surface area contributed by atoms with Crippen molar-refractivity contribution in [2.75, 3.05) is 0 Å². The van der Waals surface area contributed by atoms with Crippen molar-refractivity contribution in [3.8, 4) is 5.75 Å². The molecule has 0 aliphatic heterocycles. The summed E-state index contributed by atoms with van der Waals surface area (Å²) in [7, 11) is 0. The zero-order valence-electron chi connectivity index (χ0n) is 27.3. The van der Waals surface area contributed by atoms with Gasteiger partial charge in [-0.05, 0) is 102 Å². The lowest BCUT2D eigenvalue weighted by Crippen LogP contribution is -2.47. The van der Waals surface area contributed by atoms with Crippen molar-refractivity contribution >= 4 is 53.6 Å². The number of nitrogens with one attached hydrogen (secondary N) is 2. The lowest BCUT2D eigenvalue weighted by molar-refractivity contribution is -0.191. The van der Waals surface area contributed by atoms with Crippen LogP contribution in [0, 0.1) is 0 Å². The molecule has 0 radical (unpaired) electrons. The number of benzene rings is 3. The third kappa shape index (κ3) is 15.1. The van der Waals surface area contributed by atoms with Crippen molar-refractivity contribution < 1.29 is 38.2 Å². The Morgan fingerprint density at radius 2 is 1.36 bits per heavy atom. The summed E-state index contributed by atoms with van der Waals surface area (Å²) < 4.78 is 16.0. The van der Waals surface area contributed by atoms with Gasteiger partial charge in [0.1, 0.15) is 17.0 Å². The van der Waals surface area contributed by atoms with E-state index in [0.717, 1.165) is 17.6 Å². The predicted molar refractivity (Wildman–Crippen MR) is 177 cm³/mol. The molecule has 0 atom stereocenters. The van der Waals surface area contributed by atoms with Gasteiger partial charge in [-0.2, -0.15) is 9.59 Å². The third-order valence-electron chi connectivity index (χ3n) is 5.49. The molecule has 0 spiro atoms. The molecule has 0 bridgehead atoms. The number of carbonyl (C=O) groups excluding carboxylic acids is 5. The summed E-state index contributed by atoms with van der Waals surface area (Å²) in [5.74, 6) is -0.517. The normalized spacial score (nSPS) is 11.1. The first kappa shape index (κ1) is 37.9. The van der Waals surface area contributed by atoms with Crippen LogP contribution in [0.3, 0.4) is 0 Å². The Balaban J connectivity index is 0.00000246. The molecule has 0 saturated heterocycles. The van der Waals surface area contributed by atoms with E-state index in [0.29, 0.717) is 16.5 Å². The lowest BCUT2D eigenvalue weighted by Gasteiger charge is -2.22. The number of esters is 1. The minimum Gasteiger partial charge on any atom is -0.444 e. The van der Waals surface area contributed by atoms with Crippen LogP contribution < -0.4 is 15.4 Å². The second-order valence-corrected chi connectivity index (χ2v) is 12.5. The maximum Gasteiger partial charge on any atom is 0.414 e. The molecule has 2 N–H and O–H groups in total. The van der Waals surface area contributed by atoms with Crippen LogP contribution in [0.15, 0.2) is 83.4 Å². The molecule has 47 heavy (non-hydrogen) atoms. The smallest absolute Gasteiger partial charge is 0.414 e. The Morgan fingerprint density at radius 1 is 0.830 bits per heavy atom. The molecule has 12 heteroatoms. The molecule has 248 valence electrons. The quantitative estimate of drug-likeness (QED) is 0.118. The first-order valence-corrected chi connectivity index (χ1v) is 14.8. The van der Waals surface area contributed by atoms with E-state index in [1.165, 1.54) is 29.8 Å². The van der Waals surface area contributed by atoms with Gasteiger partial charge < -0.3 is 14.2 Å². The van der Waals surface area contributed by atoms with E-state index in [-0.39, 0.29) is 17.7 Å². The number of hydrogen-bond donors (Lipinski definition) is 2. The molecule has 0 aliphatic carbocycles. The highest BCUT2D eigenvalue weighted by Gasteiger charge is 2.21. The van der Waals surface area contributed by atoms with Crippen molar-refractivity contribution in [2.45, 2.75) is 66.1 Å². The van der Waals surface area contributed by atoms with Gasteiger partial charge >= 0.3 is 24.3 Å². The summed E-state index contributed by atoms with van der Waals surface area (Å²) in [5.41, 5.74) is 2.19. The second-order valence-electron chi connectivity index (χ2n) is 12.1. The van der Waals surface area contributed by atoms with Crippen LogP contribution in [0.25, 0.3) is 6.08 Å². The van der Waals surface area contributed by atoms with Gasteiger partial charge in [-0.3, -0.25) is 10.6 Å². The molecular weight excluding hydrogens is 626 g/mol. The van der Waals surface area contributed by atoms with Crippen LogP contribution in [-0.2, 0) is 25.5 Å². The zero-order valence-corrected chi connectivity index (χ0v) is 28.1.